The van der Waals surface area contributed by atoms with E-state index < -0.39 is 31.0 Å². The number of fused-ring (bicyclic) bond motifs is 2. The van der Waals surface area contributed by atoms with Crippen LogP contribution < -0.4 is 10.9 Å². The molecule has 0 spiro atoms. The van der Waals surface area contributed by atoms with Crippen LogP contribution in [0.25, 0.3) is 11.2 Å². The number of rotatable bonds is 3. The second-order valence-corrected chi connectivity index (χ2v) is 10.1. The summed E-state index contributed by atoms with van der Waals surface area (Å²) in [6.07, 6.45) is -3.64. The van der Waals surface area contributed by atoms with E-state index in [0.717, 1.165) is 0 Å². The number of aliphatic hydroxyl groups is 2. The van der Waals surface area contributed by atoms with Crippen LogP contribution in [0.15, 0.2) is 9.53 Å². The van der Waals surface area contributed by atoms with Crippen molar-refractivity contribution in [3.8, 4) is 0 Å². The van der Waals surface area contributed by atoms with Crippen LogP contribution in [0.2, 0.25) is 0 Å². The van der Waals surface area contributed by atoms with E-state index in [9.17, 15) is 24.7 Å². The first kappa shape index (κ1) is 19.2. The van der Waals surface area contributed by atoms with Gasteiger partial charge in [-0.2, -0.15) is 0 Å². The molecule has 2 aromatic heterocycles. The third kappa shape index (κ3) is 3.40. The van der Waals surface area contributed by atoms with Crippen molar-refractivity contribution in [1.82, 2.24) is 19.1 Å². The normalized spacial score (nSPS) is 26.6. The SMILES string of the molecule is O=C1Cn2c(nc3c(nc(Br)n3CC(O)C3O[PH](O)(S)OCC3O)c2=O)N1. The first-order valence-electron chi connectivity index (χ1n) is 7.75. The molecule has 4 heterocycles. The standard InChI is InChI=1S/C12H15BrN5O7PS/c13-11-15-7-9(16-12-14-6(21)2-18(12)10(7)22)17(11)1-4(19)8-5(20)3-24-26(23,27)25-8/h4-5,8,19-20,23,26-27H,1-3H2,(H,14,16,21). The van der Waals surface area contributed by atoms with Crippen LogP contribution >= 0.6 is 35.3 Å². The minimum atomic E-state index is -3.74. The molecular formula is C12H15BrN5O7PS. The minimum absolute atomic E-state index is 0.0165. The zero-order chi connectivity index (χ0) is 19.5. The van der Waals surface area contributed by atoms with Crippen molar-refractivity contribution >= 4 is 58.3 Å². The molecule has 2 aliphatic rings. The average Bonchev–Trinajstić information content (AvgIpc) is 3.11. The van der Waals surface area contributed by atoms with Crippen LogP contribution in [0.3, 0.4) is 0 Å². The topological polar surface area (TPSA) is 161 Å². The Morgan fingerprint density at radius 2 is 2.19 bits per heavy atom. The third-order valence-corrected chi connectivity index (χ3v) is 6.65. The van der Waals surface area contributed by atoms with Crippen molar-refractivity contribution in [2.45, 2.75) is 31.4 Å². The van der Waals surface area contributed by atoms with E-state index in [1.807, 2.05) is 0 Å². The number of hydrogen-bond acceptors (Lipinski definition) is 10. The van der Waals surface area contributed by atoms with Crippen molar-refractivity contribution in [2.75, 3.05) is 11.9 Å². The third-order valence-electron chi connectivity index (χ3n) is 4.22. The first-order chi connectivity index (χ1) is 12.7. The average molecular weight is 484 g/mol. The molecule has 3 atom stereocenters. The maximum absolute atomic E-state index is 12.5. The summed E-state index contributed by atoms with van der Waals surface area (Å²) in [6, 6.07) is 0. The number of nitrogens with one attached hydrogen (secondary N) is 1. The molecule has 1 saturated heterocycles. The van der Waals surface area contributed by atoms with Crippen LogP contribution in [0.1, 0.15) is 0 Å². The summed E-state index contributed by atoms with van der Waals surface area (Å²) in [6.45, 7) is -0.544. The number of aromatic nitrogens is 4. The summed E-state index contributed by atoms with van der Waals surface area (Å²) in [5, 5.41) is 23.0. The molecule has 1 amide bonds. The van der Waals surface area contributed by atoms with Crippen LogP contribution in [-0.2, 0) is 26.9 Å². The predicted octanol–water partition coefficient (Wildman–Crippen LogP) is -1.22. The number of carbonyl (C=O) groups is 1. The molecule has 0 radical (unpaired) electrons. The van der Waals surface area contributed by atoms with Gasteiger partial charge in [-0.1, -0.05) is 0 Å². The maximum atomic E-state index is 12.5. The Morgan fingerprint density at radius 1 is 1.44 bits per heavy atom. The Balaban J connectivity index is 1.69. The van der Waals surface area contributed by atoms with E-state index in [-0.39, 0.29) is 47.4 Å². The van der Waals surface area contributed by atoms with Gasteiger partial charge in [-0.3, -0.25) is 0 Å². The van der Waals surface area contributed by atoms with Gasteiger partial charge in [-0.25, -0.2) is 0 Å². The van der Waals surface area contributed by atoms with Crippen molar-refractivity contribution in [2.24, 2.45) is 0 Å². The van der Waals surface area contributed by atoms with Gasteiger partial charge in [0.2, 0.25) is 0 Å². The molecule has 0 saturated carbocycles. The molecule has 4 N–H and O–H groups in total. The summed E-state index contributed by atoms with van der Waals surface area (Å²) in [5.74, 6) is -0.283. The van der Waals surface area contributed by atoms with Gasteiger partial charge in [0.15, 0.2) is 0 Å². The Bertz CT molecular complexity index is 997. The van der Waals surface area contributed by atoms with Crippen LogP contribution in [0.4, 0.5) is 5.95 Å². The molecule has 12 nitrogen and oxygen atoms in total. The molecule has 0 aromatic carbocycles. The molecule has 1 fully saturated rings. The van der Waals surface area contributed by atoms with Gasteiger partial charge in [-0.05, 0) is 0 Å². The number of imidazole rings is 1. The van der Waals surface area contributed by atoms with Gasteiger partial charge >= 0.3 is 165 Å². The van der Waals surface area contributed by atoms with Crippen LogP contribution in [0, 0.1) is 0 Å². The number of anilines is 1. The zero-order valence-electron chi connectivity index (χ0n) is 13.4. The predicted molar refractivity (Wildman–Crippen MR) is 100 cm³/mol. The zero-order valence-corrected chi connectivity index (χ0v) is 16.9. The van der Waals surface area contributed by atoms with Crippen molar-refractivity contribution in [1.29, 1.82) is 0 Å². The van der Waals surface area contributed by atoms with Gasteiger partial charge in [0.25, 0.3) is 0 Å². The quantitative estimate of drug-likeness (QED) is 0.204. The molecule has 0 aliphatic carbocycles. The number of halogens is 1. The van der Waals surface area contributed by atoms with Gasteiger partial charge in [-0.15, -0.1) is 0 Å². The van der Waals surface area contributed by atoms with Crippen molar-refractivity contribution < 1.29 is 28.9 Å². The second kappa shape index (κ2) is 6.74. The summed E-state index contributed by atoms with van der Waals surface area (Å²) < 4.78 is 12.9. The number of aliphatic hydroxyl groups excluding tert-OH is 2. The summed E-state index contributed by atoms with van der Waals surface area (Å²) in [4.78, 5) is 42.2. The molecule has 2 aliphatic heterocycles. The van der Waals surface area contributed by atoms with E-state index in [2.05, 4.69) is 43.5 Å². The van der Waals surface area contributed by atoms with Gasteiger partial charge < -0.3 is 0 Å². The fourth-order valence-electron chi connectivity index (χ4n) is 2.98. The van der Waals surface area contributed by atoms with E-state index >= 15 is 0 Å². The van der Waals surface area contributed by atoms with Gasteiger partial charge in [0, 0.05) is 0 Å². The fraction of sp³-hybridized carbons (Fsp3) is 0.500. The summed E-state index contributed by atoms with van der Waals surface area (Å²) >= 11 is 7.09. The Labute approximate surface area is 165 Å². The molecule has 15 heteroatoms. The number of carbonyl (C=O) groups excluding carboxylic acids is 1. The Hall–Kier alpha value is -1.12. The Kier molecular flexibility index (Phi) is 4.79. The monoisotopic (exact) mass is 483 g/mol. The molecule has 27 heavy (non-hydrogen) atoms. The molecular weight excluding hydrogens is 469 g/mol. The molecule has 0 bridgehead atoms. The summed E-state index contributed by atoms with van der Waals surface area (Å²) in [7, 11) is -3.74. The number of thiol groups is 1. The van der Waals surface area contributed by atoms with E-state index in [1.165, 1.54) is 9.13 Å². The molecule has 2 aromatic rings. The number of hydrogen-bond donors (Lipinski definition) is 5. The van der Waals surface area contributed by atoms with Gasteiger partial charge in [0.1, 0.15) is 0 Å². The number of amides is 1. The molecule has 148 valence electrons. The van der Waals surface area contributed by atoms with Crippen LogP contribution in [-0.4, -0.2) is 65.0 Å². The van der Waals surface area contributed by atoms with Crippen molar-refractivity contribution in [3.05, 3.63) is 15.1 Å². The Morgan fingerprint density at radius 3 is 2.93 bits per heavy atom. The first-order valence-corrected chi connectivity index (χ1v) is 11.6. The number of nitrogens with zero attached hydrogens (tertiary/aromatic N) is 4. The second-order valence-electron chi connectivity index (χ2n) is 6.12. The van der Waals surface area contributed by atoms with Crippen molar-refractivity contribution in [3.63, 3.8) is 0 Å². The fourth-order valence-corrected chi connectivity index (χ4v) is 5.18. The molecule has 4 rings (SSSR count). The van der Waals surface area contributed by atoms with E-state index in [0.29, 0.717) is 0 Å². The van der Waals surface area contributed by atoms with Crippen LogP contribution in [0.5, 0.6) is 0 Å². The summed E-state index contributed by atoms with van der Waals surface area (Å²) in [5.41, 5.74) is -0.344. The molecule has 3 unspecified atom stereocenters. The van der Waals surface area contributed by atoms with Gasteiger partial charge in [0.05, 0.1) is 0 Å². The van der Waals surface area contributed by atoms with E-state index in [4.69, 9.17) is 9.05 Å². The van der Waals surface area contributed by atoms with E-state index in [1.54, 1.807) is 0 Å².